The minimum atomic E-state index is -4.61. The molecule has 1 aromatic carbocycles. The number of methoxy groups -OCH3 is 1. The summed E-state index contributed by atoms with van der Waals surface area (Å²) in [6.45, 7) is 0. The Kier molecular flexibility index (Phi) is 4.40. The number of benzene rings is 1. The van der Waals surface area contributed by atoms with Crippen molar-refractivity contribution >= 4 is 34.3 Å². The van der Waals surface area contributed by atoms with Gasteiger partial charge in [-0.2, -0.15) is 13.2 Å². The quantitative estimate of drug-likeness (QED) is 0.400. The van der Waals surface area contributed by atoms with E-state index >= 15 is 0 Å². The topological polar surface area (TPSA) is 69.4 Å². The second-order valence-electron chi connectivity index (χ2n) is 7.33. The summed E-state index contributed by atoms with van der Waals surface area (Å²) in [7, 11) is 1.22. The Hall–Kier alpha value is -3.20. The van der Waals surface area contributed by atoms with E-state index < -0.39 is 17.8 Å². The Morgan fingerprint density at radius 1 is 1.16 bits per heavy atom. The maximum absolute atomic E-state index is 13.4. The lowest BCUT2D eigenvalue weighted by Gasteiger charge is -2.09. The van der Waals surface area contributed by atoms with Crippen molar-refractivity contribution < 1.29 is 22.7 Å². The van der Waals surface area contributed by atoms with Crippen LogP contribution in [0, 0.1) is 0 Å². The lowest BCUT2D eigenvalue weighted by atomic mass is 10.1. The molecule has 0 N–H and O–H groups in total. The summed E-state index contributed by atoms with van der Waals surface area (Å²) in [6, 6.07) is 9.39. The molecule has 5 rings (SSSR count). The molecule has 0 saturated heterocycles. The van der Waals surface area contributed by atoms with Crippen LogP contribution in [0.4, 0.5) is 13.2 Å². The van der Waals surface area contributed by atoms with Gasteiger partial charge in [0.1, 0.15) is 5.69 Å². The fourth-order valence-corrected chi connectivity index (χ4v) is 3.71. The van der Waals surface area contributed by atoms with Gasteiger partial charge in [-0.15, -0.1) is 5.10 Å². The maximum Gasteiger partial charge on any atom is 0.433 e. The number of carbonyl (C=O) groups excluding carboxylic acids is 1. The third-order valence-corrected chi connectivity index (χ3v) is 5.47. The molecule has 158 valence electrons. The number of alkyl halides is 3. The summed E-state index contributed by atoms with van der Waals surface area (Å²) in [4.78, 5) is 20.8. The van der Waals surface area contributed by atoms with Crippen LogP contribution in [0.25, 0.3) is 27.9 Å². The minimum Gasteiger partial charge on any atom is -0.464 e. The first-order chi connectivity index (χ1) is 14.8. The lowest BCUT2D eigenvalue weighted by Crippen LogP contribution is -2.10. The van der Waals surface area contributed by atoms with Gasteiger partial charge in [0.15, 0.2) is 17.0 Å². The van der Waals surface area contributed by atoms with E-state index in [1.807, 2.05) is 0 Å². The molecule has 0 unspecified atom stereocenters. The lowest BCUT2D eigenvalue weighted by molar-refractivity contribution is -0.141. The van der Waals surface area contributed by atoms with Crippen molar-refractivity contribution in [3.8, 4) is 11.3 Å². The van der Waals surface area contributed by atoms with Crippen molar-refractivity contribution in [1.29, 1.82) is 0 Å². The summed E-state index contributed by atoms with van der Waals surface area (Å²) in [6.07, 6.45) is -3.07. The van der Waals surface area contributed by atoms with Gasteiger partial charge in [0, 0.05) is 10.6 Å². The average molecular weight is 447 g/mol. The summed E-state index contributed by atoms with van der Waals surface area (Å²) in [5, 5.41) is 5.15. The van der Waals surface area contributed by atoms with Gasteiger partial charge in [-0.1, -0.05) is 23.7 Å². The van der Waals surface area contributed by atoms with Crippen LogP contribution in [0.1, 0.15) is 40.5 Å². The van der Waals surface area contributed by atoms with Gasteiger partial charge >= 0.3 is 12.1 Å². The van der Waals surface area contributed by atoms with E-state index in [2.05, 4.69) is 15.1 Å². The van der Waals surface area contributed by atoms with E-state index in [-0.39, 0.29) is 22.9 Å². The van der Waals surface area contributed by atoms with Crippen LogP contribution in [0.5, 0.6) is 0 Å². The van der Waals surface area contributed by atoms with Crippen LogP contribution in [0.15, 0.2) is 36.4 Å². The molecule has 0 radical (unpaired) electrons. The van der Waals surface area contributed by atoms with Crippen LogP contribution in [0.3, 0.4) is 0 Å². The number of halogens is 4. The van der Waals surface area contributed by atoms with Crippen molar-refractivity contribution in [2.24, 2.45) is 0 Å². The van der Waals surface area contributed by atoms with Gasteiger partial charge in [-0.05, 0) is 48.6 Å². The van der Waals surface area contributed by atoms with Crippen LogP contribution in [-0.4, -0.2) is 32.7 Å². The second kappa shape index (κ2) is 6.91. The molecule has 0 aliphatic heterocycles. The highest BCUT2D eigenvalue weighted by Crippen LogP contribution is 2.45. The second-order valence-corrected chi connectivity index (χ2v) is 7.76. The Labute approximate surface area is 178 Å². The summed E-state index contributed by atoms with van der Waals surface area (Å²) < 4.78 is 46.3. The number of hydrogen-bond acceptors (Lipinski definition) is 5. The zero-order valence-electron chi connectivity index (χ0n) is 16.1. The van der Waals surface area contributed by atoms with E-state index in [0.29, 0.717) is 27.2 Å². The highest BCUT2D eigenvalue weighted by atomic mass is 35.5. The molecular formula is C21H14ClF3N4O2. The molecule has 1 aliphatic carbocycles. The highest BCUT2D eigenvalue weighted by molar-refractivity contribution is 6.30. The standard InChI is InChI=1S/C21H14ClF3N4O2/c1-31-20(30)15-9-14(11-4-6-12(22)7-5-11)26-19-17-13(10-2-3-10)8-16(21(23,24)25)27-18(17)28-29(15)19/h4-10H,2-3H2,1H3. The molecule has 6 nitrogen and oxygen atoms in total. The molecule has 1 fully saturated rings. The zero-order valence-corrected chi connectivity index (χ0v) is 16.8. The third kappa shape index (κ3) is 3.38. The van der Waals surface area contributed by atoms with Crippen molar-refractivity contribution in [1.82, 2.24) is 19.6 Å². The first-order valence-electron chi connectivity index (χ1n) is 9.42. The van der Waals surface area contributed by atoms with E-state index in [4.69, 9.17) is 16.3 Å². The van der Waals surface area contributed by atoms with Crippen molar-refractivity contribution in [2.75, 3.05) is 7.11 Å². The summed E-state index contributed by atoms with van der Waals surface area (Å²) in [5.41, 5.74) is 0.776. The molecule has 0 amide bonds. The number of carbonyl (C=O) groups is 1. The van der Waals surface area contributed by atoms with Gasteiger partial charge in [0.2, 0.25) is 0 Å². The average Bonchev–Trinajstić information content (AvgIpc) is 3.52. The molecule has 1 aliphatic rings. The van der Waals surface area contributed by atoms with Crippen molar-refractivity contribution in [3.63, 3.8) is 0 Å². The number of rotatable bonds is 3. The van der Waals surface area contributed by atoms with Crippen molar-refractivity contribution in [3.05, 3.63) is 58.4 Å². The first-order valence-corrected chi connectivity index (χ1v) is 9.80. The molecule has 3 aromatic heterocycles. The van der Waals surface area contributed by atoms with Gasteiger partial charge in [0.05, 0.1) is 18.2 Å². The van der Waals surface area contributed by atoms with Crippen LogP contribution in [-0.2, 0) is 10.9 Å². The predicted molar refractivity (Wildman–Crippen MR) is 107 cm³/mol. The van der Waals surface area contributed by atoms with Crippen LogP contribution in [0.2, 0.25) is 5.02 Å². The molecule has 0 atom stereocenters. The number of esters is 1. The molecule has 3 heterocycles. The number of nitrogens with zero attached hydrogens (tertiary/aromatic N) is 4. The molecule has 4 aromatic rings. The number of ether oxygens (including phenoxy) is 1. The number of pyridine rings is 1. The van der Waals surface area contributed by atoms with Gasteiger partial charge in [-0.3, -0.25) is 0 Å². The van der Waals surface area contributed by atoms with E-state index in [1.54, 1.807) is 24.3 Å². The molecular weight excluding hydrogens is 433 g/mol. The summed E-state index contributed by atoms with van der Waals surface area (Å²) >= 11 is 5.96. The Balaban J connectivity index is 1.86. The Morgan fingerprint density at radius 3 is 2.48 bits per heavy atom. The van der Waals surface area contributed by atoms with E-state index in [9.17, 15) is 18.0 Å². The predicted octanol–water partition coefficient (Wildman–Crippen LogP) is 5.28. The van der Waals surface area contributed by atoms with Gasteiger partial charge in [0.25, 0.3) is 0 Å². The molecule has 0 bridgehead atoms. The largest absolute Gasteiger partial charge is 0.464 e. The van der Waals surface area contributed by atoms with E-state index in [0.717, 1.165) is 18.9 Å². The molecule has 31 heavy (non-hydrogen) atoms. The fourth-order valence-electron chi connectivity index (χ4n) is 3.59. The maximum atomic E-state index is 13.4. The van der Waals surface area contributed by atoms with Gasteiger partial charge < -0.3 is 4.74 Å². The smallest absolute Gasteiger partial charge is 0.433 e. The third-order valence-electron chi connectivity index (χ3n) is 5.22. The number of hydrogen-bond donors (Lipinski definition) is 0. The van der Waals surface area contributed by atoms with E-state index in [1.165, 1.54) is 17.7 Å². The normalized spacial score (nSPS) is 14.4. The molecule has 0 spiro atoms. The minimum absolute atomic E-state index is 0.0258. The van der Waals surface area contributed by atoms with Gasteiger partial charge in [-0.25, -0.2) is 19.3 Å². The number of aromatic nitrogens is 4. The van der Waals surface area contributed by atoms with Crippen LogP contribution < -0.4 is 0 Å². The fraction of sp³-hybridized carbons (Fsp3) is 0.238. The Bertz CT molecular complexity index is 1350. The van der Waals surface area contributed by atoms with Crippen molar-refractivity contribution in [2.45, 2.75) is 24.9 Å². The van der Waals surface area contributed by atoms with Crippen LogP contribution >= 0.6 is 11.6 Å². The Morgan fingerprint density at radius 2 is 1.87 bits per heavy atom. The monoisotopic (exact) mass is 446 g/mol. The SMILES string of the molecule is COC(=O)c1cc(-c2ccc(Cl)cc2)nc2c3c(C4CC4)cc(C(F)(F)F)nc3nn12. The summed E-state index contributed by atoms with van der Waals surface area (Å²) in [5.74, 6) is -0.721. The number of fused-ring (bicyclic) bond motifs is 3. The molecule has 1 saturated carbocycles. The highest BCUT2D eigenvalue weighted by Gasteiger charge is 2.37. The zero-order chi connectivity index (χ0) is 21.9. The molecule has 10 heteroatoms. The first kappa shape index (κ1) is 19.7.